The first-order valence-electron chi connectivity index (χ1n) is 6.89. The van der Waals surface area contributed by atoms with Crippen molar-refractivity contribution >= 4 is 11.8 Å². The molecule has 0 bridgehead atoms. The van der Waals surface area contributed by atoms with Gasteiger partial charge >= 0.3 is 5.97 Å². The van der Waals surface area contributed by atoms with Crippen molar-refractivity contribution in [1.29, 1.82) is 0 Å². The number of carbonyl (C=O) groups is 2. The molecular formula is C17H17NO3. The topological polar surface area (TPSA) is 56.3 Å². The van der Waals surface area contributed by atoms with E-state index in [9.17, 15) is 9.59 Å². The smallest absolute Gasteiger partial charge is 0.311 e. The fraction of sp³-hybridized carbons (Fsp3) is 0.235. The van der Waals surface area contributed by atoms with Crippen molar-refractivity contribution in [2.45, 2.75) is 26.7 Å². The van der Waals surface area contributed by atoms with Crippen LogP contribution < -0.4 is 4.74 Å². The van der Waals surface area contributed by atoms with E-state index in [2.05, 4.69) is 4.98 Å². The molecular weight excluding hydrogens is 266 g/mol. The van der Waals surface area contributed by atoms with E-state index < -0.39 is 0 Å². The predicted molar refractivity (Wildman–Crippen MR) is 79.4 cm³/mol. The molecule has 0 radical (unpaired) electrons. The average Bonchev–Trinajstić information content (AvgIpc) is 2.48. The van der Waals surface area contributed by atoms with Crippen molar-refractivity contribution in [2.24, 2.45) is 0 Å². The second kappa shape index (κ2) is 6.79. The van der Waals surface area contributed by atoms with E-state index in [0.29, 0.717) is 29.8 Å². The Morgan fingerprint density at radius 2 is 1.95 bits per heavy atom. The quantitative estimate of drug-likeness (QED) is 0.480. The number of carbonyl (C=O) groups excluding carboxylic acids is 2. The van der Waals surface area contributed by atoms with Crippen LogP contribution in [0.4, 0.5) is 0 Å². The molecule has 2 aromatic rings. The molecule has 108 valence electrons. The molecule has 0 aliphatic carbocycles. The van der Waals surface area contributed by atoms with Crippen LogP contribution in [-0.2, 0) is 4.79 Å². The van der Waals surface area contributed by atoms with E-state index in [-0.39, 0.29) is 11.8 Å². The summed E-state index contributed by atoms with van der Waals surface area (Å²) in [5.41, 5.74) is 1.48. The second-order valence-corrected chi connectivity index (χ2v) is 4.72. The lowest BCUT2D eigenvalue weighted by molar-refractivity contribution is -0.134. The molecule has 0 aliphatic rings. The second-order valence-electron chi connectivity index (χ2n) is 4.72. The molecule has 0 saturated heterocycles. The number of hydrogen-bond donors (Lipinski definition) is 0. The van der Waals surface area contributed by atoms with Gasteiger partial charge in [-0.1, -0.05) is 25.1 Å². The first-order valence-corrected chi connectivity index (χ1v) is 6.89. The number of aryl methyl sites for hydroxylation is 1. The Labute approximate surface area is 123 Å². The monoisotopic (exact) mass is 283 g/mol. The largest absolute Gasteiger partial charge is 0.426 e. The highest BCUT2D eigenvalue weighted by atomic mass is 16.5. The van der Waals surface area contributed by atoms with Crippen LogP contribution in [0.15, 0.2) is 42.6 Å². The van der Waals surface area contributed by atoms with Gasteiger partial charge < -0.3 is 4.74 Å². The van der Waals surface area contributed by atoms with Crippen molar-refractivity contribution in [1.82, 2.24) is 4.98 Å². The molecule has 0 unspecified atom stereocenters. The van der Waals surface area contributed by atoms with Gasteiger partial charge in [-0.2, -0.15) is 0 Å². The molecule has 1 heterocycles. The Morgan fingerprint density at radius 1 is 1.14 bits per heavy atom. The molecule has 2 rings (SSSR count). The van der Waals surface area contributed by atoms with E-state index in [1.165, 1.54) is 0 Å². The van der Waals surface area contributed by atoms with Gasteiger partial charge in [0.2, 0.25) is 5.78 Å². The third-order valence-electron chi connectivity index (χ3n) is 3.04. The number of pyridine rings is 1. The zero-order chi connectivity index (χ0) is 15.2. The van der Waals surface area contributed by atoms with Gasteiger partial charge in [0, 0.05) is 12.6 Å². The fourth-order valence-electron chi connectivity index (χ4n) is 2.02. The zero-order valence-corrected chi connectivity index (χ0v) is 12.1. The molecule has 0 atom stereocenters. The van der Waals surface area contributed by atoms with Crippen molar-refractivity contribution in [3.8, 4) is 5.75 Å². The third kappa shape index (κ3) is 3.54. The molecule has 0 spiro atoms. The third-order valence-corrected chi connectivity index (χ3v) is 3.04. The van der Waals surface area contributed by atoms with Crippen molar-refractivity contribution in [2.75, 3.05) is 0 Å². The van der Waals surface area contributed by atoms with Gasteiger partial charge in [0.15, 0.2) is 0 Å². The highest BCUT2D eigenvalue weighted by molar-refractivity contribution is 6.10. The molecule has 0 aliphatic heterocycles. The maximum absolute atomic E-state index is 12.6. The first kappa shape index (κ1) is 14.9. The van der Waals surface area contributed by atoms with Crippen LogP contribution in [0.25, 0.3) is 0 Å². The van der Waals surface area contributed by atoms with Crippen LogP contribution in [0.3, 0.4) is 0 Å². The van der Waals surface area contributed by atoms with Crippen molar-refractivity contribution in [3.63, 3.8) is 0 Å². The number of benzene rings is 1. The van der Waals surface area contributed by atoms with E-state index in [4.69, 9.17) is 4.74 Å². The lowest BCUT2D eigenvalue weighted by Crippen LogP contribution is -2.13. The van der Waals surface area contributed by atoms with Crippen LogP contribution in [-0.4, -0.2) is 16.7 Å². The minimum Gasteiger partial charge on any atom is -0.426 e. The summed E-state index contributed by atoms with van der Waals surface area (Å²) < 4.78 is 5.32. The SMILES string of the molecule is CCCC(=O)Oc1cccc(C)c1C(=O)c1ccccn1. The van der Waals surface area contributed by atoms with Crippen LogP contribution in [0.2, 0.25) is 0 Å². The van der Waals surface area contributed by atoms with E-state index in [0.717, 1.165) is 5.56 Å². The zero-order valence-electron chi connectivity index (χ0n) is 12.1. The Hall–Kier alpha value is -2.49. The van der Waals surface area contributed by atoms with Gasteiger partial charge in [-0.3, -0.25) is 14.6 Å². The molecule has 0 amide bonds. The van der Waals surface area contributed by atoms with Gasteiger partial charge in [0.1, 0.15) is 11.4 Å². The normalized spacial score (nSPS) is 10.2. The molecule has 1 aromatic carbocycles. The Morgan fingerprint density at radius 3 is 2.62 bits per heavy atom. The van der Waals surface area contributed by atoms with Crippen LogP contribution >= 0.6 is 0 Å². The molecule has 1 aromatic heterocycles. The summed E-state index contributed by atoms with van der Waals surface area (Å²) in [5.74, 6) is -0.282. The molecule has 0 fully saturated rings. The lowest BCUT2D eigenvalue weighted by atomic mass is 10.0. The Kier molecular flexibility index (Phi) is 4.82. The molecule has 21 heavy (non-hydrogen) atoms. The Bertz CT molecular complexity index is 650. The number of rotatable bonds is 5. The summed E-state index contributed by atoms with van der Waals surface area (Å²) in [7, 11) is 0. The summed E-state index contributed by atoms with van der Waals surface area (Å²) in [6.45, 7) is 3.71. The number of hydrogen-bond acceptors (Lipinski definition) is 4. The van der Waals surface area contributed by atoms with Gasteiger partial charge in [0.05, 0.1) is 5.56 Å². The number of nitrogens with zero attached hydrogens (tertiary/aromatic N) is 1. The lowest BCUT2D eigenvalue weighted by Gasteiger charge is -2.11. The number of ether oxygens (including phenoxy) is 1. The summed E-state index contributed by atoms with van der Waals surface area (Å²) in [4.78, 5) is 28.3. The van der Waals surface area contributed by atoms with Gasteiger partial charge in [-0.15, -0.1) is 0 Å². The number of aromatic nitrogens is 1. The molecule has 0 saturated carbocycles. The minimum absolute atomic E-state index is 0.243. The summed E-state index contributed by atoms with van der Waals surface area (Å²) in [6.07, 6.45) is 2.59. The highest BCUT2D eigenvalue weighted by Crippen LogP contribution is 2.25. The van der Waals surface area contributed by atoms with Crippen LogP contribution in [0.1, 0.15) is 41.4 Å². The maximum Gasteiger partial charge on any atom is 0.311 e. The summed E-state index contributed by atoms with van der Waals surface area (Å²) in [5, 5.41) is 0. The van der Waals surface area contributed by atoms with Crippen LogP contribution in [0, 0.1) is 6.92 Å². The van der Waals surface area contributed by atoms with Gasteiger partial charge in [-0.25, -0.2) is 0 Å². The Balaban J connectivity index is 2.38. The maximum atomic E-state index is 12.6. The minimum atomic E-state index is -0.335. The van der Waals surface area contributed by atoms with Crippen LogP contribution in [0.5, 0.6) is 5.75 Å². The van der Waals surface area contributed by atoms with Gasteiger partial charge in [0.25, 0.3) is 0 Å². The molecule has 4 nitrogen and oxygen atoms in total. The van der Waals surface area contributed by atoms with E-state index in [1.54, 1.807) is 36.5 Å². The van der Waals surface area contributed by atoms with E-state index >= 15 is 0 Å². The summed E-state index contributed by atoms with van der Waals surface area (Å²) >= 11 is 0. The molecule has 0 N–H and O–H groups in total. The van der Waals surface area contributed by atoms with Gasteiger partial charge in [-0.05, 0) is 37.1 Å². The van der Waals surface area contributed by atoms with Crippen molar-refractivity contribution < 1.29 is 14.3 Å². The predicted octanol–water partition coefficient (Wildman–Crippen LogP) is 3.33. The fourth-order valence-corrected chi connectivity index (χ4v) is 2.02. The summed E-state index contributed by atoms with van der Waals surface area (Å²) in [6, 6.07) is 10.4. The standard InChI is InChI=1S/C17H17NO3/c1-3-7-15(19)21-14-10-6-8-12(2)16(14)17(20)13-9-4-5-11-18-13/h4-6,8-11H,3,7H2,1-2H3. The first-order chi connectivity index (χ1) is 10.1. The number of ketones is 1. The molecule has 4 heteroatoms. The number of esters is 1. The highest BCUT2D eigenvalue weighted by Gasteiger charge is 2.19. The average molecular weight is 283 g/mol. The van der Waals surface area contributed by atoms with Crippen molar-refractivity contribution in [3.05, 3.63) is 59.4 Å². The van der Waals surface area contributed by atoms with E-state index in [1.807, 2.05) is 19.9 Å².